The average molecular weight is 326 g/mol. The van der Waals surface area contributed by atoms with Gasteiger partial charge in [-0.15, -0.1) is 0 Å². The van der Waals surface area contributed by atoms with Crippen molar-refractivity contribution in [2.45, 2.75) is 38.6 Å². The molecular formula is C19H22N2O3. The van der Waals surface area contributed by atoms with Crippen LogP contribution in [0.1, 0.15) is 48.5 Å². The predicted octanol–water partition coefficient (Wildman–Crippen LogP) is 3.08. The van der Waals surface area contributed by atoms with E-state index in [9.17, 15) is 14.9 Å². The Labute approximate surface area is 142 Å². The van der Waals surface area contributed by atoms with Crippen molar-refractivity contribution in [1.82, 2.24) is 5.32 Å². The number of esters is 1. The number of hydrogen-bond acceptors (Lipinski definition) is 4. The first kappa shape index (κ1) is 17.7. The number of ether oxygens (including phenoxy) is 1. The maximum Gasteiger partial charge on any atom is 0.338 e. The Morgan fingerprint density at radius 3 is 2.67 bits per heavy atom. The Balaban J connectivity index is 2.22. The first-order valence-corrected chi connectivity index (χ1v) is 8.16. The molecule has 0 bridgehead atoms. The summed E-state index contributed by atoms with van der Waals surface area (Å²) >= 11 is 0. The summed E-state index contributed by atoms with van der Waals surface area (Å²) in [6.07, 6.45) is 5.73. The quantitative estimate of drug-likeness (QED) is 0.524. The standard InChI is InChI=1S/C19H22N2O3/c1-13-7-3-6-10-17(13)21-18(22)15(12-20)11-14-8-4-5-9-16(14)19(23)24-2/h4-5,8-9,11,13,17H,3,6-7,10H2,1-2H3,(H,21,22)/b15-11+/t13-,17-/m1/s1. The number of nitrogens with one attached hydrogen (secondary N) is 1. The van der Waals surface area contributed by atoms with E-state index in [1.165, 1.54) is 19.6 Å². The van der Waals surface area contributed by atoms with Gasteiger partial charge >= 0.3 is 5.97 Å². The second kappa shape index (κ2) is 8.30. The number of amides is 1. The summed E-state index contributed by atoms with van der Waals surface area (Å²) in [4.78, 5) is 24.2. The van der Waals surface area contributed by atoms with Gasteiger partial charge in [-0.25, -0.2) is 4.79 Å². The molecule has 0 unspecified atom stereocenters. The minimum atomic E-state index is -0.500. The Hall–Kier alpha value is -2.61. The van der Waals surface area contributed by atoms with E-state index in [4.69, 9.17) is 4.74 Å². The lowest BCUT2D eigenvalue weighted by molar-refractivity contribution is -0.118. The maximum atomic E-state index is 12.4. The second-order valence-electron chi connectivity index (χ2n) is 6.09. The Bertz CT molecular complexity index is 688. The molecule has 5 nitrogen and oxygen atoms in total. The van der Waals surface area contributed by atoms with Crippen molar-refractivity contribution in [3.8, 4) is 6.07 Å². The molecule has 1 aromatic carbocycles. The lowest BCUT2D eigenvalue weighted by Gasteiger charge is -2.29. The van der Waals surface area contributed by atoms with Gasteiger partial charge in [0, 0.05) is 6.04 Å². The predicted molar refractivity (Wildman–Crippen MR) is 90.9 cm³/mol. The van der Waals surface area contributed by atoms with Gasteiger partial charge in [-0.1, -0.05) is 38.0 Å². The van der Waals surface area contributed by atoms with Crippen LogP contribution in [0.2, 0.25) is 0 Å². The van der Waals surface area contributed by atoms with Crippen molar-refractivity contribution >= 4 is 18.0 Å². The summed E-state index contributed by atoms with van der Waals surface area (Å²) in [5.41, 5.74) is 0.809. The molecule has 2 rings (SSSR count). The van der Waals surface area contributed by atoms with E-state index in [0.717, 1.165) is 19.3 Å². The number of carbonyl (C=O) groups excluding carboxylic acids is 2. The van der Waals surface area contributed by atoms with Crippen LogP contribution in [-0.4, -0.2) is 25.0 Å². The number of nitriles is 1. The molecule has 2 atom stereocenters. The SMILES string of the molecule is COC(=O)c1ccccc1/C=C(\C#N)C(=O)N[C@@H]1CCCC[C@H]1C. The highest BCUT2D eigenvalue weighted by Crippen LogP contribution is 2.24. The van der Waals surface area contributed by atoms with Crippen molar-refractivity contribution in [1.29, 1.82) is 5.26 Å². The zero-order valence-electron chi connectivity index (χ0n) is 14.0. The zero-order chi connectivity index (χ0) is 17.5. The number of methoxy groups -OCH3 is 1. The molecule has 1 aromatic rings. The number of hydrogen-bond donors (Lipinski definition) is 1. The van der Waals surface area contributed by atoms with Gasteiger partial charge in [0.25, 0.3) is 5.91 Å². The van der Waals surface area contributed by atoms with Gasteiger partial charge in [0.2, 0.25) is 0 Å². The summed E-state index contributed by atoms with van der Waals surface area (Å²) in [5, 5.41) is 12.3. The normalized spacial score (nSPS) is 20.8. The molecule has 0 spiro atoms. The summed E-state index contributed by atoms with van der Waals surface area (Å²) in [7, 11) is 1.30. The second-order valence-corrected chi connectivity index (χ2v) is 6.09. The lowest BCUT2D eigenvalue weighted by atomic mass is 9.86. The van der Waals surface area contributed by atoms with Gasteiger partial charge in [0.05, 0.1) is 12.7 Å². The van der Waals surface area contributed by atoms with E-state index >= 15 is 0 Å². The number of benzene rings is 1. The largest absolute Gasteiger partial charge is 0.465 e. The molecular weight excluding hydrogens is 304 g/mol. The molecule has 1 N–H and O–H groups in total. The van der Waals surface area contributed by atoms with E-state index in [-0.39, 0.29) is 11.6 Å². The van der Waals surface area contributed by atoms with Crippen LogP contribution in [0.25, 0.3) is 6.08 Å². The fourth-order valence-corrected chi connectivity index (χ4v) is 3.00. The molecule has 0 aromatic heterocycles. The molecule has 0 radical (unpaired) electrons. The third-order valence-corrected chi connectivity index (χ3v) is 4.46. The topological polar surface area (TPSA) is 79.2 Å². The molecule has 5 heteroatoms. The summed E-state index contributed by atoms with van der Waals surface area (Å²) < 4.78 is 4.74. The molecule has 1 fully saturated rings. The van der Waals surface area contributed by atoms with Crippen LogP contribution in [0, 0.1) is 17.2 Å². The van der Waals surface area contributed by atoms with Gasteiger partial charge in [-0.2, -0.15) is 5.26 Å². The molecule has 0 aliphatic heterocycles. The average Bonchev–Trinajstić information content (AvgIpc) is 2.61. The summed E-state index contributed by atoms with van der Waals surface area (Å²) in [5.74, 6) is -0.485. The van der Waals surface area contributed by atoms with E-state index < -0.39 is 11.9 Å². The van der Waals surface area contributed by atoms with E-state index in [0.29, 0.717) is 17.0 Å². The highest BCUT2D eigenvalue weighted by atomic mass is 16.5. The molecule has 0 heterocycles. The highest BCUT2D eigenvalue weighted by molar-refractivity contribution is 6.03. The van der Waals surface area contributed by atoms with Crippen molar-refractivity contribution in [2.75, 3.05) is 7.11 Å². The minimum Gasteiger partial charge on any atom is -0.465 e. The molecule has 1 aliphatic carbocycles. The Kier molecular flexibility index (Phi) is 6.14. The van der Waals surface area contributed by atoms with Crippen molar-refractivity contribution in [2.24, 2.45) is 5.92 Å². The fourth-order valence-electron chi connectivity index (χ4n) is 3.00. The van der Waals surface area contributed by atoms with Gasteiger partial charge < -0.3 is 10.1 Å². The van der Waals surface area contributed by atoms with Crippen molar-refractivity contribution < 1.29 is 14.3 Å². The molecule has 1 saturated carbocycles. The first-order valence-electron chi connectivity index (χ1n) is 8.16. The highest BCUT2D eigenvalue weighted by Gasteiger charge is 2.24. The Morgan fingerprint density at radius 2 is 2.00 bits per heavy atom. The molecule has 24 heavy (non-hydrogen) atoms. The molecule has 126 valence electrons. The van der Waals surface area contributed by atoms with E-state index in [1.54, 1.807) is 24.3 Å². The monoisotopic (exact) mass is 326 g/mol. The third-order valence-electron chi connectivity index (χ3n) is 4.46. The van der Waals surface area contributed by atoms with Crippen LogP contribution >= 0.6 is 0 Å². The molecule has 1 aliphatic rings. The zero-order valence-corrected chi connectivity index (χ0v) is 14.0. The van der Waals surface area contributed by atoms with Crippen molar-refractivity contribution in [3.05, 3.63) is 41.0 Å². The van der Waals surface area contributed by atoms with Gasteiger partial charge in [0.15, 0.2) is 0 Å². The number of rotatable bonds is 4. The minimum absolute atomic E-state index is 0.0101. The van der Waals surface area contributed by atoms with Crippen LogP contribution in [-0.2, 0) is 9.53 Å². The van der Waals surface area contributed by atoms with Crippen LogP contribution in [0.4, 0.5) is 0 Å². The van der Waals surface area contributed by atoms with E-state index in [1.807, 2.05) is 6.07 Å². The molecule has 1 amide bonds. The van der Waals surface area contributed by atoms with E-state index in [2.05, 4.69) is 12.2 Å². The fraction of sp³-hybridized carbons (Fsp3) is 0.421. The Morgan fingerprint density at radius 1 is 1.29 bits per heavy atom. The summed E-state index contributed by atoms with van der Waals surface area (Å²) in [6, 6.07) is 8.77. The van der Waals surface area contributed by atoms with Crippen LogP contribution in [0.3, 0.4) is 0 Å². The third kappa shape index (κ3) is 4.23. The smallest absolute Gasteiger partial charge is 0.338 e. The van der Waals surface area contributed by atoms with Gasteiger partial charge in [-0.3, -0.25) is 4.79 Å². The van der Waals surface area contributed by atoms with Crippen LogP contribution in [0.5, 0.6) is 0 Å². The van der Waals surface area contributed by atoms with Gasteiger partial charge in [-0.05, 0) is 36.5 Å². The number of nitrogens with zero attached hydrogens (tertiary/aromatic N) is 1. The van der Waals surface area contributed by atoms with Gasteiger partial charge in [0.1, 0.15) is 11.6 Å². The van der Waals surface area contributed by atoms with Crippen LogP contribution < -0.4 is 5.32 Å². The molecule has 0 saturated heterocycles. The lowest BCUT2D eigenvalue weighted by Crippen LogP contribution is -2.41. The first-order chi connectivity index (χ1) is 11.6. The number of carbonyl (C=O) groups is 2. The van der Waals surface area contributed by atoms with Crippen LogP contribution in [0.15, 0.2) is 29.8 Å². The van der Waals surface area contributed by atoms with Crippen molar-refractivity contribution in [3.63, 3.8) is 0 Å². The summed E-state index contributed by atoms with van der Waals surface area (Å²) in [6.45, 7) is 2.12. The maximum absolute atomic E-state index is 12.4.